The first-order chi connectivity index (χ1) is 13.5. The molecule has 0 N–H and O–H groups in total. The fourth-order valence-corrected chi connectivity index (χ4v) is 3.30. The number of anilines is 1. The summed E-state index contributed by atoms with van der Waals surface area (Å²) < 4.78 is 10.0. The van der Waals surface area contributed by atoms with Crippen molar-refractivity contribution < 1.29 is 23.9 Å². The molecule has 1 fully saturated rings. The second-order valence-electron chi connectivity index (χ2n) is 6.68. The van der Waals surface area contributed by atoms with Crippen LogP contribution >= 0.6 is 0 Å². The van der Waals surface area contributed by atoms with Crippen molar-refractivity contribution in [3.05, 3.63) is 65.2 Å². The molecule has 0 bridgehead atoms. The minimum Gasteiger partial charge on any atom is -0.465 e. The molecule has 0 spiro atoms. The van der Waals surface area contributed by atoms with E-state index in [0.717, 1.165) is 23.2 Å². The Morgan fingerprint density at radius 1 is 1.11 bits per heavy atom. The standard InChI is InChI=1S/C22H23NO5/c1-3-16-6-4-5-7-19(16)23-13-18(12-20(23)24)22(26)28-14-15-8-10-17(11-9-15)21(25)27-2/h4-11,18H,3,12-14H2,1-2H3/t18-/m1/s1. The van der Waals surface area contributed by atoms with Crippen molar-refractivity contribution in [3.8, 4) is 0 Å². The maximum Gasteiger partial charge on any atom is 0.337 e. The summed E-state index contributed by atoms with van der Waals surface area (Å²) in [6.45, 7) is 2.46. The number of ether oxygens (including phenoxy) is 2. The molecule has 1 aliphatic rings. The maximum absolute atomic E-state index is 12.4. The molecule has 0 aliphatic carbocycles. The van der Waals surface area contributed by atoms with Gasteiger partial charge in [-0.1, -0.05) is 37.3 Å². The van der Waals surface area contributed by atoms with E-state index in [0.29, 0.717) is 12.1 Å². The van der Waals surface area contributed by atoms with Gasteiger partial charge in [-0.2, -0.15) is 0 Å². The summed E-state index contributed by atoms with van der Waals surface area (Å²) in [4.78, 5) is 38.0. The molecule has 6 heteroatoms. The third-order valence-electron chi connectivity index (χ3n) is 4.88. The van der Waals surface area contributed by atoms with Crippen LogP contribution in [0.15, 0.2) is 48.5 Å². The van der Waals surface area contributed by atoms with E-state index < -0.39 is 11.9 Å². The molecule has 2 aromatic rings. The number of carbonyl (C=O) groups is 3. The molecule has 146 valence electrons. The number of carbonyl (C=O) groups excluding carboxylic acids is 3. The van der Waals surface area contributed by atoms with Gasteiger partial charge in [0.2, 0.25) is 5.91 Å². The van der Waals surface area contributed by atoms with Crippen molar-refractivity contribution >= 4 is 23.5 Å². The minimum absolute atomic E-state index is 0.0646. The van der Waals surface area contributed by atoms with Crippen molar-refractivity contribution in [2.45, 2.75) is 26.4 Å². The van der Waals surface area contributed by atoms with E-state index in [9.17, 15) is 14.4 Å². The highest BCUT2D eigenvalue weighted by atomic mass is 16.5. The van der Waals surface area contributed by atoms with Gasteiger partial charge in [0.05, 0.1) is 18.6 Å². The van der Waals surface area contributed by atoms with Gasteiger partial charge in [0.1, 0.15) is 6.61 Å². The summed E-state index contributed by atoms with van der Waals surface area (Å²) in [5.74, 6) is -1.35. The summed E-state index contributed by atoms with van der Waals surface area (Å²) in [5.41, 5.74) is 3.14. The van der Waals surface area contributed by atoms with Crippen LogP contribution in [0.25, 0.3) is 0 Å². The summed E-state index contributed by atoms with van der Waals surface area (Å²) >= 11 is 0. The number of para-hydroxylation sites is 1. The number of hydrogen-bond donors (Lipinski definition) is 0. The zero-order valence-corrected chi connectivity index (χ0v) is 16.0. The lowest BCUT2D eigenvalue weighted by Gasteiger charge is -2.19. The van der Waals surface area contributed by atoms with Gasteiger partial charge in [-0.05, 0) is 35.7 Å². The Hall–Kier alpha value is -3.15. The summed E-state index contributed by atoms with van der Waals surface area (Å²) in [7, 11) is 1.32. The highest BCUT2D eigenvalue weighted by molar-refractivity contribution is 6.00. The van der Waals surface area contributed by atoms with Crippen LogP contribution in [-0.4, -0.2) is 31.5 Å². The number of aryl methyl sites for hydroxylation is 1. The normalized spacial score (nSPS) is 16.1. The monoisotopic (exact) mass is 381 g/mol. The highest BCUT2D eigenvalue weighted by Crippen LogP contribution is 2.29. The molecule has 6 nitrogen and oxygen atoms in total. The van der Waals surface area contributed by atoms with Crippen molar-refractivity contribution in [2.75, 3.05) is 18.6 Å². The van der Waals surface area contributed by atoms with Gasteiger partial charge < -0.3 is 14.4 Å². The molecule has 0 saturated carbocycles. The van der Waals surface area contributed by atoms with Gasteiger partial charge in [-0.15, -0.1) is 0 Å². The Kier molecular flexibility index (Phi) is 6.09. The first kappa shape index (κ1) is 19.6. The van der Waals surface area contributed by atoms with Gasteiger partial charge in [0.25, 0.3) is 0 Å². The van der Waals surface area contributed by atoms with E-state index in [2.05, 4.69) is 4.74 Å². The Morgan fingerprint density at radius 2 is 1.82 bits per heavy atom. The van der Waals surface area contributed by atoms with Gasteiger partial charge in [0, 0.05) is 18.7 Å². The quantitative estimate of drug-likeness (QED) is 0.719. The molecule has 0 unspecified atom stereocenters. The molecule has 1 saturated heterocycles. The Bertz CT molecular complexity index is 875. The molecule has 2 aromatic carbocycles. The Morgan fingerprint density at radius 3 is 2.50 bits per heavy atom. The van der Waals surface area contributed by atoms with Crippen molar-refractivity contribution in [3.63, 3.8) is 0 Å². The molecule has 0 radical (unpaired) electrons. The van der Waals surface area contributed by atoms with Crippen molar-refractivity contribution in [1.29, 1.82) is 0 Å². The Balaban J connectivity index is 1.60. The third kappa shape index (κ3) is 4.22. The largest absolute Gasteiger partial charge is 0.465 e. The van der Waals surface area contributed by atoms with Gasteiger partial charge in [0.15, 0.2) is 0 Å². The number of amides is 1. The molecule has 28 heavy (non-hydrogen) atoms. The molecular weight excluding hydrogens is 358 g/mol. The smallest absolute Gasteiger partial charge is 0.337 e. The fourth-order valence-electron chi connectivity index (χ4n) is 3.30. The van der Waals surface area contributed by atoms with Crippen LogP contribution in [0, 0.1) is 5.92 Å². The predicted molar refractivity (Wildman–Crippen MR) is 104 cm³/mol. The molecule has 1 atom stereocenters. The molecule has 1 amide bonds. The predicted octanol–water partition coefficient (Wildman–Crippen LogP) is 3.13. The van der Waals surface area contributed by atoms with E-state index in [1.54, 1.807) is 29.2 Å². The van der Waals surface area contributed by atoms with E-state index in [-0.39, 0.29) is 24.9 Å². The zero-order valence-electron chi connectivity index (χ0n) is 16.0. The number of nitrogens with zero attached hydrogens (tertiary/aromatic N) is 1. The second kappa shape index (κ2) is 8.69. The van der Waals surface area contributed by atoms with Crippen LogP contribution in [-0.2, 0) is 32.1 Å². The van der Waals surface area contributed by atoms with Crippen LogP contribution < -0.4 is 4.90 Å². The number of benzene rings is 2. The number of rotatable bonds is 6. The van der Waals surface area contributed by atoms with E-state index in [1.165, 1.54) is 7.11 Å². The Labute approximate surface area is 164 Å². The molecule has 0 aromatic heterocycles. The average Bonchev–Trinajstić information content (AvgIpc) is 3.13. The van der Waals surface area contributed by atoms with Crippen LogP contribution in [0.2, 0.25) is 0 Å². The summed E-state index contributed by atoms with van der Waals surface area (Å²) in [5, 5.41) is 0. The lowest BCUT2D eigenvalue weighted by Crippen LogP contribution is -2.27. The van der Waals surface area contributed by atoms with Crippen LogP contribution in [0.3, 0.4) is 0 Å². The first-order valence-electron chi connectivity index (χ1n) is 9.25. The van der Waals surface area contributed by atoms with Gasteiger partial charge >= 0.3 is 11.9 Å². The number of methoxy groups -OCH3 is 1. The van der Waals surface area contributed by atoms with Crippen LogP contribution in [0.5, 0.6) is 0 Å². The zero-order chi connectivity index (χ0) is 20.1. The topological polar surface area (TPSA) is 72.9 Å². The van der Waals surface area contributed by atoms with E-state index >= 15 is 0 Å². The fraction of sp³-hybridized carbons (Fsp3) is 0.318. The van der Waals surface area contributed by atoms with Crippen molar-refractivity contribution in [2.24, 2.45) is 5.92 Å². The molecule has 3 rings (SSSR count). The average molecular weight is 381 g/mol. The number of esters is 2. The first-order valence-corrected chi connectivity index (χ1v) is 9.25. The summed E-state index contributed by atoms with van der Waals surface area (Å²) in [6, 6.07) is 14.4. The second-order valence-corrected chi connectivity index (χ2v) is 6.68. The summed E-state index contributed by atoms with van der Waals surface area (Å²) in [6.07, 6.45) is 0.967. The lowest BCUT2D eigenvalue weighted by atomic mass is 10.1. The maximum atomic E-state index is 12.4. The number of hydrogen-bond acceptors (Lipinski definition) is 5. The van der Waals surface area contributed by atoms with Gasteiger partial charge in [-0.25, -0.2) is 4.79 Å². The minimum atomic E-state index is -0.480. The molecule has 1 heterocycles. The van der Waals surface area contributed by atoms with Crippen LogP contribution in [0.1, 0.15) is 34.8 Å². The van der Waals surface area contributed by atoms with Crippen molar-refractivity contribution in [1.82, 2.24) is 0 Å². The molecule has 1 aliphatic heterocycles. The van der Waals surface area contributed by atoms with E-state index in [1.807, 2.05) is 31.2 Å². The molecular formula is C22H23NO5. The highest BCUT2D eigenvalue weighted by Gasteiger charge is 2.36. The van der Waals surface area contributed by atoms with Gasteiger partial charge in [-0.3, -0.25) is 9.59 Å². The third-order valence-corrected chi connectivity index (χ3v) is 4.88. The SMILES string of the molecule is CCc1ccccc1N1C[C@H](C(=O)OCc2ccc(C(=O)OC)cc2)CC1=O. The van der Waals surface area contributed by atoms with Crippen LogP contribution in [0.4, 0.5) is 5.69 Å². The lowest BCUT2D eigenvalue weighted by molar-refractivity contribution is -0.149. The van der Waals surface area contributed by atoms with E-state index in [4.69, 9.17) is 4.74 Å².